The van der Waals surface area contributed by atoms with Gasteiger partial charge in [0.2, 0.25) is 0 Å². The molecular formula is C29H18ClF6N5O. The molecule has 0 saturated carbocycles. The first-order valence-corrected chi connectivity index (χ1v) is 12.6. The zero-order chi connectivity index (χ0) is 30.2. The smallest absolute Gasteiger partial charge is 0.288 e. The quantitative estimate of drug-likeness (QED) is 0.147. The maximum atomic E-state index is 13.6. The van der Waals surface area contributed by atoms with Crippen molar-refractivity contribution in [3.8, 4) is 22.6 Å². The molecule has 0 amide bonds. The van der Waals surface area contributed by atoms with Gasteiger partial charge in [0.1, 0.15) is 11.4 Å². The average molecular weight is 602 g/mol. The van der Waals surface area contributed by atoms with Crippen LogP contribution in [0.15, 0.2) is 78.9 Å². The summed E-state index contributed by atoms with van der Waals surface area (Å²) in [5.74, 6) is -0.491. The van der Waals surface area contributed by atoms with Crippen molar-refractivity contribution in [2.24, 2.45) is 0 Å². The van der Waals surface area contributed by atoms with Gasteiger partial charge in [0, 0.05) is 11.1 Å². The van der Waals surface area contributed by atoms with E-state index in [1.54, 1.807) is 55.5 Å². The molecule has 5 rings (SSSR count). The first-order valence-electron chi connectivity index (χ1n) is 12.2. The summed E-state index contributed by atoms with van der Waals surface area (Å²) in [6.45, 7) is 1.12. The van der Waals surface area contributed by atoms with Crippen LogP contribution in [0.4, 0.5) is 26.3 Å². The average Bonchev–Trinajstić information content (AvgIpc) is 3.35. The van der Waals surface area contributed by atoms with Gasteiger partial charge in [0.15, 0.2) is 5.78 Å². The van der Waals surface area contributed by atoms with E-state index in [-0.39, 0.29) is 44.9 Å². The second-order valence-electron chi connectivity index (χ2n) is 9.28. The van der Waals surface area contributed by atoms with Gasteiger partial charge in [0.05, 0.1) is 39.6 Å². The van der Waals surface area contributed by atoms with Crippen LogP contribution in [0.2, 0.25) is 5.02 Å². The number of aryl methyl sites for hydroxylation is 1. The van der Waals surface area contributed by atoms with Crippen molar-refractivity contribution >= 4 is 17.4 Å². The minimum Gasteiger partial charge on any atom is -0.288 e. The fourth-order valence-corrected chi connectivity index (χ4v) is 4.60. The number of hydrogen-bond donors (Lipinski definition) is 0. The predicted molar refractivity (Wildman–Crippen MR) is 142 cm³/mol. The molecule has 0 spiro atoms. The highest BCUT2D eigenvalue weighted by Gasteiger charge is 2.37. The highest BCUT2D eigenvalue weighted by Crippen LogP contribution is 2.38. The van der Waals surface area contributed by atoms with Crippen LogP contribution >= 0.6 is 11.6 Å². The lowest BCUT2D eigenvalue weighted by atomic mass is 9.98. The minimum atomic E-state index is -5.02. The number of nitrogens with zero attached hydrogens (tertiary/aromatic N) is 5. The lowest BCUT2D eigenvalue weighted by Gasteiger charge is -2.15. The molecule has 0 N–H and O–H groups in total. The van der Waals surface area contributed by atoms with Crippen molar-refractivity contribution in [3.05, 3.63) is 117 Å². The number of benzene rings is 3. The van der Waals surface area contributed by atoms with Crippen LogP contribution in [0, 0.1) is 6.92 Å². The third-order valence-corrected chi connectivity index (χ3v) is 6.60. The SMILES string of the molecule is Cc1cc(C(=O)c2ccccc2Cl)c(-c2nnn(Cc3cc(C(F)(F)F)cc(C(F)(F)F)c3)c2-c2ccccc2)nn1. The fraction of sp³-hybridized carbons (Fsp3) is 0.138. The molecule has 0 aliphatic carbocycles. The molecule has 3 aromatic carbocycles. The van der Waals surface area contributed by atoms with Gasteiger partial charge in [-0.2, -0.15) is 31.4 Å². The lowest BCUT2D eigenvalue weighted by molar-refractivity contribution is -0.143. The van der Waals surface area contributed by atoms with Crippen molar-refractivity contribution in [2.75, 3.05) is 0 Å². The summed E-state index contributed by atoms with van der Waals surface area (Å²) in [5.41, 5.74) is -1.81. The molecule has 0 bridgehead atoms. The van der Waals surface area contributed by atoms with E-state index in [0.29, 0.717) is 23.4 Å². The normalized spacial score (nSPS) is 12.0. The summed E-state index contributed by atoms with van der Waals surface area (Å²) in [4.78, 5) is 13.6. The number of carbonyl (C=O) groups is 1. The molecule has 13 heteroatoms. The minimum absolute atomic E-state index is 0.00986. The first kappa shape index (κ1) is 28.9. The second kappa shape index (κ2) is 11.0. The third kappa shape index (κ3) is 5.89. The van der Waals surface area contributed by atoms with E-state index in [1.807, 2.05) is 0 Å². The molecule has 0 atom stereocenters. The molecule has 2 aromatic heterocycles. The summed E-state index contributed by atoms with van der Waals surface area (Å²) in [7, 11) is 0. The molecular weight excluding hydrogens is 584 g/mol. The monoisotopic (exact) mass is 601 g/mol. The van der Waals surface area contributed by atoms with Gasteiger partial charge in [0.25, 0.3) is 0 Å². The van der Waals surface area contributed by atoms with Crippen LogP contribution in [0.1, 0.15) is 38.3 Å². The largest absolute Gasteiger partial charge is 0.416 e. The van der Waals surface area contributed by atoms with Crippen LogP contribution in [0.5, 0.6) is 0 Å². The Balaban J connectivity index is 1.69. The standard InChI is InChI=1S/C29H18ClF6N5O/c1-16-11-22(27(42)21-9-5-6-10-23(21)30)24(38-37-16)25-26(18-7-3-2-4-8-18)41(40-39-25)15-17-12-19(28(31,32)33)14-20(13-17)29(34,35)36/h2-14H,15H2,1H3. The maximum Gasteiger partial charge on any atom is 0.416 e. The topological polar surface area (TPSA) is 73.6 Å². The number of alkyl halides is 6. The number of hydrogen-bond acceptors (Lipinski definition) is 5. The van der Waals surface area contributed by atoms with E-state index < -0.39 is 35.8 Å². The second-order valence-corrected chi connectivity index (χ2v) is 9.69. The highest BCUT2D eigenvalue weighted by atomic mass is 35.5. The Bertz CT molecular complexity index is 1750. The zero-order valence-corrected chi connectivity index (χ0v) is 22.3. The molecule has 0 fully saturated rings. The van der Waals surface area contributed by atoms with E-state index in [9.17, 15) is 31.1 Å². The van der Waals surface area contributed by atoms with Gasteiger partial charge in [-0.25, -0.2) is 4.68 Å². The van der Waals surface area contributed by atoms with Gasteiger partial charge in [-0.3, -0.25) is 4.79 Å². The molecule has 0 saturated heterocycles. The van der Waals surface area contributed by atoms with Crippen LogP contribution in [-0.2, 0) is 18.9 Å². The molecule has 5 aromatic rings. The summed E-state index contributed by atoms with van der Waals surface area (Å²) in [6.07, 6.45) is -10.0. The third-order valence-electron chi connectivity index (χ3n) is 6.27. The fourth-order valence-electron chi connectivity index (χ4n) is 4.38. The molecule has 0 radical (unpaired) electrons. The number of halogens is 7. The van der Waals surface area contributed by atoms with Gasteiger partial charge in [-0.1, -0.05) is 59.3 Å². The van der Waals surface area contributed by atoms with Crippen LogP contribution in [0.25, 0.3) is 22.6 Å². The van der Waals surface area contributed by atoms with E-state index in [2.05, 4.69) is 20.5 Å². The maximum absolute atomic E-state index is 13.6. The van der Waals surface area contributed by atoms with E-state index in [1.165, 1.54) is 12.1 Å². The van der Waals surface area contributed by atoms with Gasteiger partial charge >= 0.3 is 12.4 Å². The number of ketones is 1. The lowest BCUT2D eigenvalue weighted by Crippen LogP contribution is -2.13. The summed E-state index contributed by atoms with van der Waals surface area (Å²) < 4.78 is 82.2. The Morgan fingerprint density at radius 3 is 2.00 bits per heavy atom. The summed E-state index contributed by atoms with van der Waals surface area (Å²) in [6, 6.07) is 17.6. The molecule has 2 heterocycles. The van der Waals surface area contributed by atoms with Crippen molar-refractivity contribution in [1.29, 1.82) is 0 Å². The Kier molecular flexibility index (Phi) is 7.58. The molecule has 6 nitrogen and oxygen atoms in total. The Morgan fingerprint density at radius 2 is 1.38 bits per heavy atom. The molecule has 214 valence electrons. The van der Waals surface area contributed by atoms with E-state index >= 15 is 0 Å². The first-order chi connectivity index (χ1) is 19.8. The highest BCUT2D eigenvalue weighted by molar-refractivity contribution is 6.35. The van der Waals surface area contributed by atoms with Crippen molar-refractivity contribution in [1.82, 2.24) is 25.2 Å². The molecule has 0 unspecified atom stereocenters. The molecule has 0 aliphatic rings. The Labute approximate surface area is 239 Å². The Morgan fingerprint density at radius 1 is 0.762 bits per heavy atom. The number of aromatic nitrogens is 5. The van der Waals surface area contributed by atoms with Crippen molar-refractivity contribution in [2.45, 2.75) is 25.8 Å². The summed E-state index contributed by atoms with van der Waals surface area (Å²) >= 11 is 6.27. The van der Waals surface area contributed by atoms with Crippen LogP contribution in [-0.4, -0.2) is 31.0 Å². The Hall–Kier alpha value is -4.58. The van der Waals surface area contributed by atoms with Gasteiger partial charge in [-0.15, -0.1) is 10.2 Å². The van der Waals surface area contributed by atoms with Gasteiger partial charge < -0.3 is 0 Å². The number of rotatable bonds is 6. The van der Waals surface area contributed by atoms with Crippen LogP contribution < -0.4 is 0 Å². The zero-order valence-electron chi connectivity index (χ0n) is 21.5. The van der Waals surface area contributed by atoms with Crippen molar-refractivity contribution < 1.29 is 31.1 Å². The van der Waals surface area contributed by atoms with E-state index in [4.69, 9.17) is 11.6 Å². The molecule has 0 aliphatic heterocycles. The predicted octanol–water partition coefficient (Wildman–Crippen LogP) is 7.68. The number of carbonyl (C=O) groups excluding carboxylic acids is 1. The van der Waals surface area contributed by atoms with Crippen LogP contribution in [0.3, 0.4) is 0 Å². The van der Waals surface area contributed by atoms with Crippen molar-refractivity contribution in [3.63, 3.8) is 0 Å². The van der Waals surface area contributed by atoms with Gasteiger partial charge in [-0.05, 0) is 48.9 Å². The molecule has 42 heavy (non-hydrogen) atoms. The summed E-state index contributed by atoms with van der Waals surface area (Å²) in [5, 5.41) is 16.7. The van der Waals surface area contributed by atoms with E-state index in [0.717, 1.165) is 4.68 Å².